The number of rotatable bonds is 14. The fourth-order valence-electron chi connectivity index (χ4n) is 9.08. The topological polar surface area (TPSA) is 106 Å². The monoisotopic (exact) mass is 806 g/mol. The van der Waals surface area contributed by atoms with Crippen LogP contribution in [0, 0.1) is 5.92 Å². The summed E-state index contributed by atoms with van der Waals surface area (Å²) in [4.78, 5) is 42.5. The second kappa shape index (κ2) is 21.8. The molecular weight excluding hydrogens is 739 g/mol. The van der Waals surface area contributed by atoms with Crippen LogP contribution in [0.1, 0.15) is 118 Å². The van der Waals surface area contributed by atoms with E-state index >= 15 is 0 Å². The maximum Gasteiger partial charge on any atom is 0.316 e. The quantitative estimate of drug-likeness (QED) is 0.188. The first-order chi connectivity index (χ1) is 25.2. The number of hydrogen-bond acceptors (Lipinski definition) is 8. The molecule has 1 N–H and O–H groups in total. The maximum absolute atomic E-state index is 13.3. The van der Waals surface area contributed by atoms with Crippen LogP contribution >= 0.6 is 24.8 Å². The standard InChI is InChI=1S/C23H35NO4.C21H31NO3.2ClH/c1-18(2)24(19(3)4)14-15-26-21(25)22(20-8-6-5-7-9-20)10-12-23(13-11-22)27-16-17-28-23;1-15(2)22(16(3)4)13-11-18-14-19(23)10-12-21(18,20(24)25)17-8-6-5-7-9-17;;/h5-9,18-19H,10-17H2,1-4H3;5-9,15-16,18H,10-14H2,1-4H3,(H,24,25);2*1H. The number of Topliss-reactive ketones (excluding diaryl/α,β-unsaturated/α-hetero) is 1. The lowest BCUT2D eigenvalue weighted by Crippen LogP contribution is -2.49. The van der Waals surface area contributed by atoms with Crippen LogP contribution in [0.4, 0.5) is 0 Å². The Kier molecular flexibility index (Phi) is 19.3. The van der Waals surface area contributed by atoms with E-state index in [1.807, 2.05) is 60.7 Å². The number of esters is 1. The van der Waals surface area contributed by atoms with Crippen molar-refractivity contribution in [2.24, 2.45) is 5.92 Å². The Morgan fingerprint density at radius 2 is 1.20 bits per heavy atom. The normalized spacial score (nSPS) is 21.7. The summed E-state index contributed by atoms with van der Waals surface area (Å²) < 4.78 is 17.6. The molecule has 11 heteroatoms. The van der Waals surface area contributed by atoms with E-state index in [0.29, 0.717) is 76.1 Å². The van der Waals surface area contributed by atoms with Gasteiger partial charge in [-0.2, -0.15) is 0 Å². The van der Waals surface area contributed by atoms with E-state index in [-0.39, 0.29) is 42.5 Å². The highest BCUT2D eigenvalue weighted by Gasteiger charge is 2.52. The minimum Gasteiger partial charge on any atom is -0.481 e. The summed E-state index contributed by atoms with van der Waals surface area (Å²) >= 11 is 0. The van der Waals surface area contributed by atoms with Gasteiger partial charge < -0.3 is 19.3 Å². The summed E-state index contributed by atoms with van der Waals surface area (Å²) in [6.45, 7) is 20.6. The van der Waals surface area contributed by atoms with Crippen molar-refractivity contribution < 1.29 is 33.7 Å². The molecular formula is C44H68Cl2N2O7. The molecule has 1 saturated heterocycles. The molecule has 2 saturated carbocycles. The van der Waals surface area contributed by atoms with Gasteiger partial charge in [0.25, 0.3) is 0 Å². The highest BCUT2D eigenvalue weighted by molar-refractivity contribution is 5.88. The number of carboxylic acids is 1. The van der Waals surface area contributed by atoms with Crippen molar-refractivity contribution in [3.8, 4) is 0 Å². The van der Waals surface area contributed by atoms with Gasteiger partial charge in [0, 0.05) is 56.4 Å². The number of benzene rings is 2. The van der Waals surface area contributed by atoms with E-state index in [4.69, 9.17) is 14.2 Å². The van der Waals surface area contributed by atoms with Crippen LogP contribution < -0.4 is 0 Å². The molecule has 0 aromatic heterocycles. The van der Waals surface area contributed by atoms with E-state index in [0.717, 1.165) is 43.5 Å². The number of ether oxygens (including phenoxy) is 3. The van der Waals surface area contributed by atoms with Gasteiger partial charge >= 0.3 is 11.9 Å². The van der Waals surface area contributed by atoms with E-state index < -0.39 is 22.6 Å². The van der Waals surface area contributed by atoms with Crippen molar-refractivity contribution in [3.05, 3.63) is 71.8 Å². The van der Waals surface area contributed by atoms with Crippen molar-refractivity contribution >= 4 is 42.5 Å². The number of carboxylic acid groups (broad SMARTS) is 1. The second-order valence-corrected chi connectivity index (χ2v) is 16.4. The van der Waals surface area contributed by atoms with Gasteiger partial charge in [-0.15, -0.1) is 24.8 Å². The van der Waals surface area contributed by atoms with E-state index in [1.54, 1.807) is 0 Å². The lowest BCUT2D eigenvalue weighted by Gasteiger charge is -2.42. The lowest BCUT2D eigenvalue weighted by molar-refractivity contribution is -0.191. The first-order valence-electron chi connectivity index (χ1n) is 20.0. The average molecular weight is 808 g/mol. The van der Waals surface area contributed by atoms with Gasteiger partial charge in [-0.1, -0.05) is 60.7 Å². The van der Waals surface area contributed by atoms with Crippen molar-refractivity contribution in [1.82, 2.24) is 9.80 Å². The molecule has 1 heterocycles. The van der Waals surface area contributed by atoms with Crippen molar-refractivity contribution in [2.45, 2.75) is 148 Å². The van der Waals surface area contributed by atoms with Gasteiger partial charge in [-0.25, -0.2) is 0 Å². The molecule has 3 fully saturated rings. The largest absolute Gasteiger partial charge is 0.481 e. The number of carbonyl (C=O) groups is 3. The summed E-state index contributed by atoms with van der Waals surface area (Å²) in [5, 5.41) is 10.2. The summed E-state index contributed by atoms with van der Waals surface area (Å²) in [6.07, 6.45) is 4.67. The van der Waals surface area contributed by atoms with Gasteiger partial charge in [0.1, 0.15) is 12.4 Å². The van der Waals surface area contributed by atoms with Crippen LogP contribution in [0.3, 0.4) is 0 Å². The maximum atomic E-state index is 13.3. The van der Waals surface area contributed by atoms with Crippen molar-refractivity contribution in [3.63, 3.8) is 0 Å². The van der Waals surface area contributed by atoms with Gasteiger partial charge in [0.2, 0.25) is 0 Å². The highest BCUT2D eigenvalue weighted by Crippen LogP contribution is 2.47. The molecule has 2 aliphatic carbocycles. The molecule has 2 unspecified atom stereocenters. The van der Waals surface area contributed by atoms with E-state index in [9.17, 15) is 19.5 Å². The minimum absolute atomic E-state index is 0. The summed E-state index contributed by atoms with van der Waals surface area (Å²) in [6, 6.07) is 21.2. The smallest absolute Gasteiger partial charge is 0.316 e. The molecule has 2 atom stereocenters. The zero-order valence-electron chi connectivity index (χ0n) is 34.5. The number of aliphatic carboxylic acids is 1. The summed E-state index contributed by atoms with van der Waals surface area (Å²) in [7, 11) is 0. The highest BCUT2D eigenvalue weighted by atomic mass is 35.5. The lowest BCUT2D eigenvalue weighted by atomic mass is 9.61. The van der Waals surface area contributed by atoms with Gasteiger partial charge in [-0.05, 0) is 105 Å². The molecule has 0 bridgehead atoms. The molecule has 55 heavy (non-hydrogen) atoms. The third-order valence-corrected chi connectivity index (χ3v) is 12.0. The summed E-state index contributed by atoms with van der Waals surface area (Å²) in [5.74, 6) is -1.37. The average Bonchev–Trinajstić information content (AvgIpc) is 3.59. The predicted octanol–water partition coefficient (Wildman–Crippen LogP) is 8.63. The third-order valence-electron chi connectivity index (χ3n) is 12.0. The third kappa shape index (κ3) is 11.8. The molecule has 9 nitrogen and oxygen atoms in total. The van der Waals surface area contributed by atoms with Crippen LogP contribution in [-0.4, -0.2) is 95.5 Å². The van der Waals surface area contributed by atoms with Crippen LogP contribution in [0.5, 0.6) is 0 Å². The Balaban J connectivity index is 0.000000369. The number of ketones is 1. The molecule has 0 amide bonds. The van der Waals surface area contributed by atoms with E-state index in [1.165, 1.54) is 0 Å². The minimum atomic E-state index is -0.950. The van der Waals surface area contributed by atoms with Gasteiger partial charge in [0.15, 0.2) is 5.79 Å². The van der Waals surface area contributed by atoms with Crippen LogP contribution in [-0.2, 0) is 39.4 Å². The first kappa shape index (κ1) is 48.6. The Morgan fingerprint density at radius 1 is 0.727 bits per heavy atom. The van der Waals surface area contributed by atoms with Gasteiger partial charge in [-0.3, -0.25) is 24.2 Å². The van der Waals surface area contributed by atoms with Crippen molar-refractivity contribution in [1.29, 1.82) is 0 Å². The Labute approximate surface area is 343 Å². The first-order valence-corrected chi connectivity index (χ1v) is 20.0. The number of halogens is 2. The molecule has 1 aliphatic heterocycles. The number of hydrogen-bond donors (Lipinski definition) is 1. The molecule has 1 spiro atoms. The zero-order chi connectivity index (χ0) is 38.8. The molecule has 2 aromatic carbocycles. The fourth-order valence-corrected chi connectivity index (χ4v) is 9.08. The van der Waals surface area contributed by atoms with Crippen molar-refractivity contribution in [2.75, 3.05) is 32.9 Å². The Morgan fingerprint density at radius 3 is 1.67 bits per heavy atom. The SMILES string of the molecule is CC(C)N(CCC1CC(=O)CCC1(C(=O)O)c1ccccc1)C(C)C.CC(C)N(CCOC(=O)C1(c2ccccc2)CCC2(CC1)OCCO2)C(C)C.Cl.Cl. The summed E-state index contributed by atoms with van der Waals surface area (Å²) in [5.41, 5.74) is 0.315. The fraction of sp³-hybridized carbons (Fsp3) is 0.659. The van der Waals surface area contributed by atoms with Crippen LogP contribution in [0.2, 0.25) is 0 Å². The molecule has 310 valence electrons. The predicted molar refractivity (Wildman–Crippen MR) is 223 cm³/mol. The van der Waals surface area contributed by atoms with Gasteiger partial charge in [0.05, 0.1) is 24.0 Å². The second-order valence-electron chi connectivity index (χ2n) is 16.4. The number of carbonyl (C=O) groups excluding carboxylic acids is 2. The zero-order valence-corrected chi connectivity index (χ0v) is 36.1. The Hall–Kier alpha value is -2.53. The molecule has 3 aliphatic rings. The van der Waals surface area contributed by atoms with Crippen LogP contribution in [0.15, 0.2) is 60.7 Å². The molecule has 2 aromatic rings. The Bertz CT molecular complexity index is 1440. The number of nitrogens with zero attached hydrogens (tertiary/aromatic N) is 2. The van der Waals surface area contributed by atoms with Crippen LogP contribution in [0.25, 0.3) is 0 Å². The van der Waals surface area contributed by atoms with E-state index in [2.05, 4.69) is 65.2 Å². The molecule has 5 rings (SSSR count). The molecule has 0 radical (unpaired) electrons.